The van der Waals surface area contributed by atoms with Gasteiger partial charge in [0.15, 0.2) is 11.5 Å². The number of methoxy groups -OCH3 is 2. The van der Waals surface area contributed by atoms with Gasteiger partial charge in [-0.1, -0.05) is 24.3 Å². The van der Waals surface area contributed by atoms with E-state index in [1.54, 1.807) is 25.3 Å². The summed E-state index contributed by atoms with van der Waals surface area (Å²) in [4.78, 5) is 17.7. The van der Waals surface area contributed by atoms with Gasteiger partial charge in [0.05, 0.1) is 25.5 Å². The summed E-state index contributed by atoms with van der Waals surface area (Å²) in [6, 6.07) is 15.2. The molecule has 0 fully saturated rings. The lowest BCUT2D eigenvalue weighted by Gasteiger charge is -2.14. The van der Waals surface area contributed by atoms with Gasteiger partial charge in [-0.25, -0.2) is 4.98 Å². The van der Waals surface area contributed by atoms with E-state index in [0.29, 0.717) is 17.1 Å². The van der Waals surface area contributed by atoms with Crippen LogP contribution in [0, 0.1) is 13.8 Å². The highest BCUT2D eigenvalue weighted by Gasteiger charge is 2.17. The third-order valence-corrected chi connectivity index (χ3v) is 5.11. The Morgan fingerprint density at radius 1 is 1.00 bits per heavy atom. The maximum Gasteiger partial charge on any atom is 0.259 e. The number of aromatic nitrogens is 2. The summed E-state index contributed by atoms with van der Waals surface area (Å²) in [5.74, 6) is 0.648. The standard InChI is InChI=1S/C24H23N3O3/c1-15-10-11-17(20-14-27-12-6-7-16(2)23(27)25-20)13-19(15)26-24(28)18-8-5-9-21(29-3)22(18)30-4/h5-14H,1-4H3,(H,26,28). The average Bonchev–Trinajstić information content (AvgIpc) is 3.20. The number of anilines is 1. The molecule has 0 aliphatic heterocycles. The molecule has 4 rings (SSSR count). The van der Waals surface area contributed by atoms with Crippen molar-refractivity contribution in [1.29, 1.82) is 0 Å². The molecule has 1 amide bonds. The highest BCUT2D eigenvalue weighted by molar-refractivity contribution is 6.07. The number of hydrogen-bond acceptors (Lipinski definition) is 4. The molecule has 0 saturated carbocycles. The summed E-state index contributed by atoms with van der Waals surface area (Å²) in [6.07, 6.45) is 3.97. The van der Waals surface area contributed by atoms with Crippen LogP contribution < -0.4 is 14.8 Å². The normalized spacial score (nSPS) is 10.8. The summed E-state index contributed by atoms with van der Waals surface area (Å²) in [5.41, 5.74) is 5.87. The van der Waals surface area contributed by atoms with E-state index in [2.05, 4.69) is 5.32 Å². The van der Waals surface area contributed by atoms with Crippen LogP contribution in [0.4, 0.5) is 5.69 Å². The zero-order valence-corrected chi connectivity index (χ0v) is 17.4. The van der Waals surface area contributed by atoms with E-state index >= 15 is 0 Å². The van der Waals surface area contributed by atoms with E-state index in [0.717, 1.165) is 33.7 Å². The fourth-order valence-electron chi connectivity index (χ4n) is 3.46. The van der Waals surface area contributed by atoms with Crippen molar-refractivity contribution in [3.05, 3.63) is 77.6 Å². The van der Waals surface area contributed by atoms with E-state index in [1.165, 1.54) is 7.11 Å². The van der Waals surface area contributed by atoms with Crippen molar-refractivity contribution >= 4 is 17.2 Å². The molecule has 0 saturated heterocycles. The number of fused-ring (bicyclic) bond motifs is 1. The lowest BCUT2D eigenvalue weighted by atomic mass is 10.1. The quantitative estimate of drug-likeness (QED) is 0.517. The van der Waals surface area contributed by atoms with Crippen molar-refractivity contribution in [2.24, 2.45) is 0 Å². The molecule has 0 radical (unpaired) electrons. The van der Waals surface area contributed by atoms with Crippen LogP contribution in [-0.4, -0.2) is 29.5 Å². The third-order valence-electron chi connectivity index (χ3n) is 5.11. The van der Waals surface area contributed by atoms with Crippen LogP contribution in [0.5, 0.6) is 11.5 Å². The average molecular weight is 401 g/mol. The van der Waals surface area contributed by atoms with Gasteiger partial charge in [-0.2, -0.15) is 0 Å². The number of carbonyl (C=O) groups excluding carboxylic acids is 1. The fourth-order valence-corrected chi connectivity index (χ4v) is 3.46. The monoisotopic (exact) mass is 401 g/mol. The van der Waals surface area contributed by atoms with Gasteiger partial charge in [-0.3, -0.25) is 4.79 Å². The number of ether oxygens (including phenoxy) is 2. The summed E-state index contributed by atoms with van der Waals surface area (Å²) in [6.45, 7) is 3.99. The van der Waals surface area contributed by atoms with Crippen LogP contribution in [0.25, 0.3) is 16.9 Å². The second kappa shape index (κ2) is 7.91. The van der Waals surface area contributed by atoms with Gasteiger partial charge in [0.2, 0.25) is 0 Å². The van der Waals surface area contributed by atoms with Gasteiger partial charge in [0.25, 0.3) is 5.91 Å². The molecule has 30 heavy (non-hydrogen) atoms. The Kier molecular flexibility index (Phi) is 5.14. The highest BCUT2D eigenvalue weighted by atomic mass is 16.5. The Morgan fingerprint density at radius 2 is 1.83 bits per heavy atom. The first-order valence-electron chi connectivity index (χ1n) is 9.59. The molecule has 0 spiro atoms. The molecule has 6 heteroatoms. The van der Waals surface area contributed by atoms with E-state index in [4.69, 9.17) is 14.5 Å². The lowest BCUT2D eigenvalue weighted by molar-refractivity contribution is 0.102. The molecule has 2 heterocycles. The molecule has 0 aliphatic rings. The molecule has 0 aliphatic carbocycles. The lowest BCUT2D eigenvalue weighted by Crippen LogP contribution is -2.14. The van der Waals surface area contributed by atoms with Crippen LogP contribution in [0.3, 0.4) is 0 Å². The Morgan fingerprint density at radius 3 is 2.57 bits per heavy atom. The minimum atomic E-state index is -0.267. The number of nitrogens with one attached hydrogen (secondary N) is 1. The number of benzene rings is 2. The van der Waals surface area contributed by atoms with E-state index < -0.39 is 0 Å². The highest BCUT2D eigenvalue weighted by Crippen LogP contribution is 2.32. The molecule has 0 atom stereocenters. The second-order valence-electron chi connectivity index (χ2n) is 7.07. The van der Waals surface area contributed by atoms with Crippen molar-refractivity contribution in [1.82, 2.24) is 9.38 Å². The predicted octanol–water partition coefficient (Wildman–Crippen LogP) is 4.89. The molecule has 4 aromatic rings. The number of imidazole rings is 1. The third kappa shape index (κ3) is 3.48. The van der Waals surface area contributed by atoms with Crippen LogP contribution in [0.15, 0.2) is 60.9 Å². The predicted molar refractivity (Wildman–Crippen MR) is 118 cm³/mol. The smallest absolute Gasteiger partial charge is 0.259 e. The zero-order chi connectivity index (χ0) is 21.3. The molecule has 1 N–H and O–H groups in total. The largest absolute Gasteiger partial charge is 0.493 e. The van der Waals surface area contributed by atoms with Gasteiger partial charge in [-0.05, 0) is 49.2 Å². The summed E-state index contributed by atoms with van der Waals surface area (Å²) < 4.78 is 12.7. The first-order chi connectivity index (χ1) is 14.5. The summed E-state index contributed by atoms with van der Waals surface area (Å²) in [5, 5.41) is 3.00. The van der Waals surface area contributed by atoms with E-state index in [9.17, 15) is 4.79 Å². The molecule has 2 aromatic heterocycles. The molecule has 2 aromatic carbocycles. The number of hydrogen-bond donors (Lipinski definition) is 1. The van der Waals surface area contributed by atoms with Crippen LogP contribution in [0.2, 0.25) is 0 Å². The molecule has 6 nitrogen and oxygen atoms in total. The summed E-state index contributed by atoms with van der Waals surface area (Å²) >= 11 is 0. The topological polar surface area (TPSA) is 64.9 Å². The Balaban J connectivity index is 1.69. The maximum absolute atomic E-state index is 13.0. The van der Waals surface area contributed by atoms with Gasteiger partial charge in [0.1, 0.15) is 5.65 Å². The first-order valence-corrected chi connectivity index (χ1v) is 9.59. The van der Waals surface area contributed by atoms with Crippen molar-refractivity contribution in [3.8, 4) is 22.8 Å². The number of para-hydroxylation sites is 1. The van der Waals surface area contributed by atoms with Crippen molar-refractivity contribution in [3.63, 3.8) is 0 Å². The Bertz CT molecular complexity index is 1240. The van der Waals surface area contributed by atoms with Gasteiger partial charge < -0.3 is 19.2 Å². The number of pyridine rings is 1. The molecule has 0 bridgehead atoms. The number of aryl methyl sites for hydroxylation is 2. The maximum atomic E-state index is 13.0. The number of carbonyl (C=O) groups is 1. The van der Waals surface area contributed by atoms with Gasteiger partial charge in [0, 0.05) is 23.6 Å². The number of amides is 1. The zero-order valence-electron chi connectivity index (χ0n) is 17.4. The minimum absolute atomic E-state index is 0.267. The van der Waals surface area contributed by atoms with Gasteiger partial charge in [-0.15, -0.1) is 0 Å². The molecule has 152 valence electrons. The minimum Gasteiger partial charge on any atom is -0.493 e. The fraction of sp³-hybridized carbons (Fsp3) is 0.167. The van der Waals surface area contributed by atoms with Crippen LogP contribution in [0.1, 0.15) is 21.5 Å². The van der Waals surface area contributed by atoms with Crippen molar-refractivity contribution in [2.45, 2.75) is 13.8 Å². The van der Waals surface area contributed by atoms with Crippen LogP contribution in [-0.2, 0) is 0 Å². The van der Waals surface area contributed by atoms with Crippen LogP contribution >= 0.6 is 0 Å². The van der Waals surface area contributed by atoms with Crippen molar-refractivity contribution < 1.29 is 14.3 Å². The second-order valence-corrected chi connectivity index (χ2v) is 7.07. The van der Waals surface area contributed by atoms with E-state index in [1.807, 2.05) is 61.0 Å². The summed E-state index contributed by atoms with van der Waals surface area (Å²) in [7, 11) is 3.07. The SMILES string of the molecule is COc1cccc(C(=O)Nc2cc(-c3cn4cccc(C)c4n3)ccc2C)c1OC. The Hall–Kier alpha value is -3.80. The Labute approximate surface area is 175 Å². The van der Waals surface area contributed by atoms with Crippen molar-refractivity contribution in [2.75, 3.05) is 19.5 Å². The van der Waals surface area contributed by atoms with E-state index in [-0.39, 0.29) is 5.91 Å². The molecular formula is C24H23N3O3. The number of nitrogens with zero attached hydrogens (tertiary/aromatic N) is 2. The molecular weight excluding hydrogens is 378 g/mol. The first kappa shape index (κ1) is 19.5. The molecule has 0 unspecified atom stereocenters. The van der Waals surface area contributed by atoms with Gasteiger partial charge >= 0.3 is 0 Å². The number of rotatable bonds is 5.